The Hall–Kier alpha value is -1.38. The minimum Gasteiger partial charge on any atom is -0.448 e. The summed E-state index contributed by atoms with van der Waals surface area (Å²) < 4.78 is 30.7. The molecule has 1 amide bonds. The Morgan fingerprint density at radius 1 is 1.48 bits per heavy atom. The van der Waals surface area contributed by atoms with Crippen LogP contribution in [0.2, 0.25) is 0 Å². The molecule has 1 aromatic rings. The van der Waals surface area contributed by atoms with Crippen molar-refractivity contribution in [3.8, 4) is 0 Å². The zero-order chi connectivity index (χ0) is 15.6. The first kappa shape index (κ1) is 16.0. The molecule has 118 valence electrons. The van der Waals surface area contributed by atoms with Gasteiger partial charge in [-0.1, -0.05) is 0 Å². The van der Waals surface area contributed by atoms with E-state index in [4.69, 9.17) is 4.42 Å². The lowest BCUT2D eigenvalue weighted by Crippen LogP contribution is -2.51. The number of hydrogen-bond donors (Lipinski definition) is 3. The number of carbonyl (C=O) groups excluding carboxylic acids is 1. The van der Waals surface area contributed by atoms with E-state index in [9.17, 15) is 13.2 Å². The van der Waals surface area contributed by atoms with E-state index >= 15 is 0 Å². The van der Waals surface area contributed by atoms with Crippen molar-refractivity contribution in [3.63, 3.8) is 0 Å². The highest BCUT2D eigenvalue weighted by Crippen LogP contribution is 2.19. The molecule has 1 aromatic heterocycles. The van der Waals surface area contributed by atoms with Gasteiger partial charge in [-0.05, 0) is 40.3 Å². The first-order chi connectivity index (χ1) is 9.85. The summed E-state index contributed by atoms with van der Waals surface area (Å²) in [6.45, 7) is 4.54. The van der Waals surface area contributed by atoms with Gasteiger partial charge in [0.15, 0.2) is 0 Å². The smallest absolute Gasteiger partial charge is 0.273 e. The molecule has 3 N–H and O–H groups in total. The highest BCUT2D eigenvalue weighted by atomic mass is 32.2. The van der Waals surface area contributed by atoms with Crippen LogP contribution in [0.1, 0.15) is 35.9 Å². The predicted octanol–water partition coefficient (Wildman–Crippen LogP) is 0.366. The summed E-state index contributed by atoms with van der Waals surface area (Å²) in [7, 11) is -2.39. The summed E-state index contributed by atoms with van der Waals surface area (Å²) in [5.41, 5.74) is 0.251. The highest BCUT2D eigenvalue weighted by molar-refractivity contribution is 7.89. The molecule has 21 heavy (non-hydrogen) atoms. The summed E-state index contributed by atoms with van der Waals surface area (Å²) >= 11 is 0. The molecule has 0 aliphatic carbocycles. The summed E-state index contributed by atoms with van der Waals surface area (Å²) in [5.74, 6) is -0.0212. The molecule has 0 spiro atoms. The zero-order valence-electron chi connectivity index (χ0n) is 12.4. The number of amides is 1. The maximum absolute atomic E-state index is 12.3. The normalized spacial score (nSPS) is 23.0. The molecule has 0 saturated carbocycles. The number of aryl methyl sites for hydroxylation is 1. The van der Waals surface area contributed by atoms with Gasteiger partial charge in [0.05, 0.1) is 5.56 Å². The third-order valence-corrected chi connectivity index (χ3v) is 5.02. The van der Waals surface area contributed by atoms with E-state index in [1.165, 1.54) is 13.1 Å². The van der Waals surface area contributed by atoms with Gasteiger partial charge in [-0.3, -0.25) is 4.79 Å². The standard InChI is InChI=1S/C13H21N3O4S/c1-8-11(5-4-6-15-8)16-13(17)10-7-12(20-9(10)2)21(18,19)14-3/h7-8,11,14-15H,4-6H2,1-3H3,(H,16,17). The molecular weight excluding hydrogens is 294 g/mol. The second kappa shape index (κ2) is 6.17. The van der Waals surface area contributed by atoms with Gasteiger partial charge in [0.25, 0.3) is 15.9 Å². The maximum atomic E-state index is 12.3. The highest BCUT2D eigenvalue weighted by Gasteiger charge is 2.26. The average Bonchev–Trinajstić information content (AvgIpc) is 2.84. The van der Waals surface area contributed by atoms with Gasteiger partial charge in [0, 0.05) is 18.2 Å². The summed E-state index contributed by atoms with van der Waals surface area (Å²) in [4.78, 5) is 12.3. The number of sulfonamides is 1. The lowest BCUT2D eigenvalue weighted by molar-refractivity contribution is 0.0918. The van der Waals surface area contributed by atoms with Crippen molar-refractivity contribution in [2.45, 2.75) is 43.9 Å². The molecule has 2 rings (SSSR count). The first-order valence-electron chi connectivity index (χ1n) is 6.93. The van der Waals surface area contributed by atoms with Crippen molar-refractivity contribution in [2.75, 3.05) is 13.6 Å². The summed E-state index contributed by atoms with van der Waals surface area (Å²) in [5, 5.41) is 5.98. The Balaban J connectivity index is 2.16. The monoisotopic (exact) mass is 315 g/mol. The summed E-state index contributed by atoms with van der Waals surface area (Å²) in [6.07, 6.45) is 1.90. The Labute approximate surface area is 124 Å². The van der Waals surface area contributed by atoms with Gasteiger partial charge in [0.1, 0.15) is 5.76 Å². The van der Waals surface area contributed by atoms with Crippen molar-refractivity contribution < 1.29 is 17.6 Å². The largest absolute Gasteiger partial charge is 0.448 e. The number of hydrogen-bond acceptors (Lipinski definition) is 5. The number of furan rings is 1. The third kappa shape index (κ3) is 3.45. The van der Waals surface area contributed by atoms with Crippen LogP contribution in [0.4, 0.5) is 0 Å². The Morgan fingerprint density at radius 2 is 2.19 bits per heavy atom. The van der Waals surface area contributed by atoms with E-state index in [2.05, 4.69) is 15.4 Å². The fourth-order valence-corrected chi connectivity index (χ4v) is 3.11. The van der Waals surface area contributed by atoms with E-state index < -0.39 is 10.0 Å². The van der Waals surface area contributed by atoms with Gasteiger partial charge in [0.2, 0.25) is 5.09 Å². The van der Waals surface area contributed by atoms with E-state index in [0.29, 0.717) is 0 Å². The van der Waals surface area contributed by atoms with Gasteiger partial charge in [-0.25, -0.2) is 13.1 Å². The van der Waals surface area contributed by atoms with Gasteiger partial charge >= 0.3 is 0 Å². The van der Waals surface area contributed by atoms with Gasteiger partial charge in [-0.2, -0.15) is 0 Å². The molecule has 1 aliphatic rings. The van der Waals surface area contributed by atoms with Crippen LogP contribution in [0.15, 0.2) is 15.6 Å². The molecule has 1 fully saturated rings. The molecule has 1 saturated heterocycles. The van der Waals surface area contributed by atoms with E-state index in [1.807, 2.05) is 6.92 Å². The predicted molar refractivity (Wildman–Crippen MR) is 77.6 cm³/mol. The molecule has 7 nitrogen and oxygen atoms in total. The zero-order valence-corrected chi connectivity index (χ0v) is 13.2. The molecule has 0 bridgehead atoms. The van der Waals surface area contributed by atoms with Gasteiger partial charge in [-0.15, -0.1) is 0 Å². The average molecular weight is 315 g/mol. The Morgan fingerprint density at radius 3 is 2.81 bits per heavy atom. The topological polar surface area (TPSA) is 100 Å². The third-order valence-electron chi connectivity index (χ3n) is 3.75. The van der Waals surface area contributed by atoms with Crippen molar-refractivity contribution in [2.24, 2.45) is 0 Å². The SMILES string of the molecule is CNS(=O)(=O)c1cc(C(=O)NC2CCCNC2C)c(C)o1. The van der Waals surface area contributed by atoms with Crippen LogP contribution in [0.5, 0.6) is 0 Å². The second-order valence-electron chi connectivity index (χ2n) is 5.21. The number of nitrogens with one attached hydrogen (secondary N) is 3. The van der Waals surface area contributed by atoms with Crippen LogP contribution in [0.25, 0.3) is 0 Å². The molecule has 0 aromatic carbocycles. The molecule has 2 heterocycles. The number of carbonyl (C=O) groups is 1. The van der Waals surface area contributed by atoms with Crippen LogP contribution >= 0.6 is 0 Å². The molecule has 0 radical (unpaired) electrons. The Bertz CT molecular complexity index is 623. The lowest BCUT2D eigenvalue weighted by Gasteiger charge is -2.30. The Kier molecular flexibility index (Phi) is 4.70. The van der Waals surface area contributed by atoms with Crippen LogP contribution < -0.4 is 15.4 Å². The fraction of sp³-hybridized carbons (Fsp3) is 0.615. The van der Waals surface area contributed by atoms with E-state index in [0.717, 1.165) is 19.4 Å². The molecule has 2 unspecified atom stereocenters. The second-order valence-corrected chi connectivity index (χ2v) is 7.03. The van der Waals surface area contributed by atoms with Crippen LogP contribution in [-0.4, -0.2) is 40.0 Å². The summed E-state index contributed by atoms with van der Waals surface area (Å²) in [6, 6.07) is 1.48. The number of rotatable bonds is 4. The van der Waals surface area contributed by atoms with Crippen molar-refractivity contribution >= 4 is 15.9 Å². The molecule has 1 aliphatic heterocycles. The number of piperidine rings is 1. The van der Waals surface area contributed by atoms with E-state index in [-0.39, 0.29) is 34.4 Å². The van der Waals surface area contributed by atoms with Crippen LogP contribution in [0, 0.1) is 6.92 Å². The first-order valence-corrected chi connectivity index (χ1v) is 8.41. The van der Waals surface area contributed by atoms with Gasteiger partial charge < -0.3 is 15.1 Å². The van der Waals surface area contributed by atoms with E-state index in [1.54, 1.807) is 6.92 Å². The van der Waals surface area contributed by atoms with Crippen LogP contribution in [-0.2, 0) is 10.0 Å². The fourth-order valence-electron chi connectivity index (χ4n) is 2.40. The lowest BCUT2D eigenvalue weighted by atomic mass is 9.99. The minimum absolute atomic E-state index is 0.0323. The maximum Gasteiger partial charge on any atom is 0.273 e. The molecular formula is C13H21N3O4S. The van der Waals surface area contributed by atoms with Crippen LogP contribution in [0.3, 0.4) is 0 Å². The van der Waals surface area contributed by atoms with Crippen molar-refractivity contribution in [1.82, 2.24) is 15.4 Å². The minimum atomic E-state index is -3.69. The van der Waals surface area contributed by atoms with Crippen molar-refractivity contribution in [3.05, 3.63) is 17.4 Å². The molecule has 2 atom stereocenters. The quantitative estimate of drug-likeness (QED) is 0.745. The molecule has 8 heteroatoms. The van der Waals surface area contributed by atoms with Crippen molar-refractivity contribution in [1.29, 1.82) is 0 Å².